The van der Waals surface area contributed by atoms with Crippen molar-refractivity contribution in [3.05, 3.63) is 11.1 Å². The molecule has 1 aromatic rings. The van der Waals surface area contributed by atoms with Crippen LogP contribution in [0.5, 0.6) is 0 Å². The lowest BCUT2D eigenvalue weighted by atomic mass is 9.87. The SMILES string of the molecule is CCOC(=O)Cc1csc(NC2CCC(C)CC2)n1. The molecule has 4 nitrogen and oxygen atoms in total. The molecule has 5 heteroatoms. The molecule has 106 valence electrons. The van der Waals surface area contributed by atoms with Crippen molar-refractivity contribution in [2.24, 2.45) is 5.92 Å². The van der Waals surface area contributed by atoms with E-state index in [1.54, 1.807) is 11.3 Å². The summed E-state index contributed by atoms with van der Waals surface area (Å²) in [6, 6.07) is 0.540. The van der Waals surface area contributed by atoms with Crippen LogP contribution in [0.15, 0.2) is 5.38 Å². The van der Waals surface area contributed by atoms with Crippen LogP contribution in [0.4, 0.5) is 5.13 Å². The van der Waals surface area contributed by atoms with Gasteiger partial charge in [0.1, 0.15) is 0 Å². The van der Waals surface area contributed by atoms with Crippen molar-refractivity contribution in [2.75, 3.05) is 11.9 Å². The number of aromatic nitrogens is 1. The highest BCUT2D eigenvalue weighted by molar-refractivity contribution is 7.13. The molecule has 0 atom stereocenters. The minimum absolute atomic E-state index is 0.203. The summed E-state index contributed by atoms with van der Waals surface area (Å²) in [6.45, 7) is 4.56. The van der Waals surface area contributed by atoms with Crippen LogP contribution < -0.4 is 5.32 Å². The van der Waals surface area contributed by atoms with E-state index >= 15 is 0 Å². The van der Waals surface area contributed by atoms with Crippen LogP contribution in [0.1, 0.15) is 45.2 Å². The molecule has 1 saturated carbocycles. The van der Waals surface area contributed by atoms with E-state index in [0.29, 0.717) is 12.6 Å². The molecule has 1 heterocycles. The van der Waals surface area contributed by atoms with Crippen molar-refractivity contribution in [2.45, 2.75) is 52.0 Å². The van der Waals surface area contributed by atoms with Gasteiger partial charge in [-0.25, -0.2) is 4.98 Å². The third kappa shape index (κ3) is 4.49. The first-order chi connectivity index (χ1) is 9.17. The van der Waals surface area contributed by atoms with Crippen molar-refractivity contribution in [3.8, 4) is 0 Å². The van der Waals surface area contributed by atoms with E-state index in [1.165, 1.54) is 25.7 Å². The highest BCUT2D eigenvalue weighted by Gasteiger charge is 2.19. The molecule has 2 rings (SSSR count). The molecular weight excluding hydrogens is 260 g/mol. The van der Waals surface area contributed by atoms with Gasteiger partial charge in [0, 0.05) is 11.4 Å². The Hall–Kier alpha value is -1.10. The van der Waals surface area contributed by atoms with Gasteiger partial charge in [-0.3, -0.25) is 4.79 Å². The zero-order chi connectivity index (χ0) is 13.7. The predicted molar refractivity (Wildman–Crippen MR) is 77.5 cm³/mol. The highest BCUT2D eigenvalue weighted by Crippen LogP contribution is 2.27. The Balaban J connectivity index is 1.82. The first kappa shape index (κ1) is 14.3. The average molecular weight is 282 g/mol. The van der Waals surface area contributed by atoms with E-state index in [4.69, 9.17) is 4.74 Å². The molecule has 0 unspecified atom stereocenters. The summed E-state index contributed by atoms with van der Waals surface area (Å²) in [5.74, 6) is 0.652. The van der Waals surface area contributed by atoms with Gasteiger partial charge in [-0.1, -0.05) is 6.92 Å². The molecule has 0 spiro atoms. The maximum absolute atomic E-state index is 11.4. The van der Waals surface area contributed by atoms with Crippen LogP contribution in [0, 0.1) is 5.92 Å². The molecule has 19 heavy (non-hydrogen) atoms. The van der Waals surface area contributed by atoms with E-state index < -0.39 is 0 Å². The van der Waals surface area contributed by atoms with Crippen LogP contribution >= 0.6 is 11.3 Å². The zero-order valence-corrected chi connectivity index (χ0v) is 12.5. The monoisotopic (exact) mass is 282 g/mol. The van der Waals surface area contributed by atoms with E-state index in [1.807, 2.05) is 12.3 Å². The highest BCUT2D eigenvalue weighted by atomic mass is 32.1. The van der Waals surface area contributed by atoms with Gasteiger partial charge in [0.2, 0.25) is 0 Å². The van der Waals surface area contributed by atoms with E-state index in [0.717, 1.165) is 16.7 Å². The Morgan fingerprint density at radius 1 is 1.47 bits per heavy atom. The van der Waals surface area contributed by atoms with Gasteiger partial charge in [-0.05, 0) is 38.5 Å². The lowest BCUT2D eigenvalue weighted by Crippen LogP contribution is -2.25. The molecule has 0 bridgehead atoms. The molecule has 0 radical (unpaired) electrons. The predicted octanol–water partition coefficient (Wildman–Crippen LogP) is 3.24. The van der Waals surface area contributed by atoms with Crippen LogP contribution in [0.3, 0.4) is 0 Å². The van der Waals surface area contributed by atoms with Crippen molar-refractivity contribution < 1.29 is 9.53 Å². The number of rotatable bonds is 5. The van der Waals surface area contributed by atoms with Gasteiger partial charge in [-0.2, -0.15) is 0 Å². The fourth-order valence-electron chi connectivity index (χ4n) is 2.39. The Morgan fingerprint density at radius 2 is 2.21 bits per heavy atom. The molecular formula is C14H22N2O2S. The van der Waals surface area contributed by atoms with Crippen LogP contribution in [0.25, 0.3) is 0 Å². The third-order valence-electron chi connectivity index (χ3n) is 3.53. The first-order valence-electron chi connectivity index (χ1n) is 7.04. The van der Waals surface area contributed by atoms with Gasteiger partial charge >= 0.3 is 5.97 Å². The van der Waals surface area contributed by atoms with Gasteiger partial charge in [0.15, 0.2) is 5.13 Å². The molecule has 1 aromatic heterocycles. The Bertz CT molecular complexity index is 411. The molecule has 1 aliphatic rings. The molecule has 0 aromatic carbocycles. The Kier molecular flexibility index (Phi) is 5.19. The summed E-state index contributed by atoms with van der Waals surface area (Å²) < 4.78 is 4.92. The Labute approximate surface area is 118 Å². The molecule has 1 fully saturated rings. The van der Waals surface area contributed by atoms with Crippen molar-refractivity contribution >= 4 is 22.4 Å². The normalized spacial score (nSPS) is 23.1. The zero-order valence-electron chi connectivity index (χ0n) is 11.6. The van der Waals surface area contributed by atoms with E-state index in [9.17, 15) is 4.79 Å². The van der Waals surface area contributed by atoms with E-state index in [2.05, 4.69) is 17.2 Å². The van der Waals surface area contributed by atoms with Crippen molar-refractivity contribution in [1.82, 2.24) is 4.98 Å². The lowest BCUT2D eigenvalue weighted by molar-refractivity contribution is -0.142. The standard InChI is InChI=1S/C14H22N2O2S/c1-3-18-13(17)8-12-9-19-14(16-12)15-11-6-4-10(2)5-7-11/h9-11H,3-8H2,1-2H3,(H,15,16). The number of carbonyl (C=O) groups excluding carboxylic acids is 1. The summed E-state index contributed by atoms with van der Waals surface area (Å²) in [7, 11) is 0. The van der Waals surface area contributed by atoms with Crippen LogP contribution in [-0.2, 0) is 16.0 Å². The minimum atomic E-state index is -0.203. The number of nitrogens with one attached hydrogen (secondary N) is 1. The second kappa shape index (κ2) is 6.89. The fourth-order valence-corrected chi connectivity index (χ4v) is 3.18. The number of nitrogens with zero attached hydrogens (tertiary/aromatic N) is 1. The van der Waals surface area contributed by atoms with Gasteiger partial charge in [0.25, 0.3) is 0 Å². The number of ether oxygens (including phenoxy) is 1. The average Bonchev–Trinajstić information content (AvgIpc) is 2.80. The van der Waals surface area contributed by atoms with Gasteiger partial charge in [-0.15, -0.1) is 11.3 Å². The Morgan fingerprint density at radius 3 is 2.89 bits per heavy atom. The van der Waals surface area contributed by atoms with Crippen LogP contribution in [-0.4, -0.2) is 23.6 Å². The third-order valence-corrected chi connectivity index (χ3v) is 4.35. The fraction of sp³-hybridized carbons (Fsp3) is 0.714. The summed E-state index contributed by atoms with van der Waals surface area (Å²) in [6.07, 6.45) is 5.28. The molecule has 0 aliphatic heterocycles. The lowest BCUT2D eigenvalue weighted by Gasteiger charge is -2.26. The number of thiazole rings is 1. The quantitative estimate of drug-likeness (QED) is 0.842. The van der Waals surface area contributed by atoms with Crippen molar-refractivity contribution in [3.63, 3.8) is 0 Å². The maximum atomic E-state index is 11.4. The van der Waals surface area contributed by atoms with Crippen LogP contribution in [0.2, 0.25) is 0 Å². The second-order valence-electron chi connectivity index (χ2n) is 5.23. The molecule has 0 saturated heterocycles. The summed E-state index contributed by atoms with van der Waals surface area (Å²) in [4.78, 5) is 15.8. The van der Waals surface area contributed by atoms with Gasteiger partial charge < -0.3 is 10.1 Å². The number of esters is 1. The number of anilines is 1. The molecule has 1 N–H and O–H groups in total. The number of hydrogen-bond acceptors (Lipinski definition) is 5. The topological polar surface area (TPSA) is 51.2 Å². The van der Waals surface area contributed by atoms with Crippen molar-refractivity contribution in [1.29, 1.82) is 0 Å². The summed E-state index contributed by atoms with van der Waals surface area (Å²) in [5, 5.41) is 6.35. The largest absolute Gasteiger partial charge is 0.466 e. The molecule has 1 aliphatic carbocycles. The minimum Gasteiger partial charge on any atom is -0.466 e. The second-order valence-corrected chi connectivity index (χ2v) is 6.09. The summed E-state index contributed by atoms with van der Waals surface area (Å²) >= 11 is 1.57. The smallest absolute Gasteiger partial charge is 0.311 e. The first-order valence-corrected chi connectivity index (χ1v) is 7.92. The summed E-state index contributed by atoms with van der Waals surface area (Å²) in [5.41, 5.74) is 0.801. The van der Waals surface area contributed by atoms with Gasteiger partial charge in [0.05, 0.1) is 18.7 Å². The number of hydrogen-bond donors (Lipinski definition) is 1. The van der Waals surface area contributed by atoms with E-state index in [-0.39, 0.29) is 12.4 Å². The maximum Gasteiger partial charge on any atom is 0.311 e. The number of carbonyl (C=O) groups is 1. The molecule has 0 amide bonds.